The standard InChI is InChI=1S/C13H21NO3/c1-3-14(9-8-13(16)17-2)12(15)10-11-6-4-5-7-11/h4,6,11H,3,5,7-10H2,1-2H3. The molecule has 1 atom stereocenters. The van der Waals surface area contributed by atoms with Crippen LogP contribution >= 0.6 is 0 Å². The number of allylic oxidation sites excluding steroid dienone is 2. The predicted molar refractivity (Wildman–Crippen MR) is 65.4 cm³/mol. The van der Waals surface area contributed by atoms with Crippen LogP contribution in [0.25, 0.3) is 0 Å². The second-order valence-corrected chi connectivity index (χ2v) is 4.27. The molecule has 96 valence electrons. The summed E-state index contributed by atoms with van der Waals surface area (Å²) in [6.07, 6.45) is 7.23. The molecule has 0 heterocycles. The number of ether oxygens (including phenoxy) is 1. The number of carbonyl (C=O) groups excluding carboxylic acids is 2. The zero-order chi connectivity index (χ0) is 12.7. The van der Waals surface area contributed by atoms with Crippen LogP contribution in [-0.2, 0) is 14.3 Å². The number of hydrogen-bond donors (Lipinski definition) is 0. The molecule has 0 aromatic heterocycles. The molecule has 4 nitrogen and oxygen atoms in total. The molecule has 0 spiro atoms. The first-order valence-corrected chi connectivity index (χ1v) is 6.18. The third kappa shape index (κ3) is 4.59. The summed E-state index contributed by atoms with van der Waals surface area (Å²) in [5, 5.41) is 0. The van der Waals surface area contributed by atoms with Crippen LogP contribution in [0.4, 0.5) is 0 Å². The molecule has 0 aromatic carbocycles. The van der Waals surface area contributed by atoms with Gasteiger partial charge in [0.25, 0.3) is 0 Å². The fourth-order valence-corrected chi connectivity index (χ4v) is 2.01. The molecule has 0 aromatic rings. The fourth-order valence-electron chi connectivity index (χ4n) is 2.01. The van der Waals surface area contributed by atoms with Crippen molar-refractivity contribution in [3.63, 3.8) is 0 Å². The largest absolute Gasteiger partial charge is 0.469 e. The third-order valence-electron chi connectivity index (χ3n) is 3.10. The van der Waals surface area contributed by atoms with E-state index in [4.69, 9.17) is 0 Å². The topological polar surface area (TPSA) is 46.6 Å². The number of esters is 1. The summed E-state index contributed by atoms with van der Waals surface area (Å²) in [5.41, 5.74) is 0. The lowest BCUT2D eigenvalue weighted by atomic mass is 10.0. The van der Waals surface area contributed by atoms with Crippen molar-refractivity contribution in [3.05, 3.63) is 12.2 Å². The lowest BCUT2D eigenvalue weighted by molar-refractivity contribution is -0.141. The van der Waals surface area contributed by atoms with Gasteiger partial charge in [0.1, 0.15) is 0 Å². The SMILES string of the molecule is CCN(CCC(=O)OC)C(=O)CC1C=CCC1. The molecule has 0 aliphatic heterocycles. The van der Waals surface area contributed by atoms with Gasteiger partial charge in [0.15, 0.2) is 0 Å². The Bertz CT molecular complexity index is 299. The first-order chi connectivity index (χ1) is 8.17. The third-order valence-corrected chi connectivity index (χ3v) is 3.10. The van der Waals surface area contributed by atoms with Gasteiger partial charge in [0, 0.05) is 19.5 Å². The molecule has 0 bridgehead atoms. The smallest absolute Gasteiger partial charge is 0.307 e. The lowest BCUT2D eigenvalue weighted by Gasteiger charge is -2.21. The van der Waals surface area contributed by atoms with Gasteiger partial charge in [-0.2, -0.15) is 0 Å². The van der Waals surface area contributed by atoms with Crippen LogP contribution in [0.1, 0.15) is 32.6 Å². The van der Waals surface area contributed by atoms with E-state index in [1.807, 2.05) is 6.92 Å². The first kappa shape index (κ1) is 13.7. The van der Waals surface area contributed by atoms with Crippen molar-refractivity contribution in [1.29, 1.82) is 0 Å². The second kappa shape index (κ2) is 7.09. The molecule has 1 unspecified atom stereocenters. The van der Waals surface area contributed by atoms with Gasteiger partial charge in [-0.15, -0.1) is 0 Å². The van der Waals surface area contributed by atoms with E-state index in [2.05, 4.69) is 16.9 Å². The maximum Gasteiger partial charge on any atom is 0.307 e. The lowest BCUT2D eigenvalue weighted by Crippen LogP contribution is -2.33. The number of hydrogen-bond acceptors (Lipinski definition) is 3. The van der Waals surface area contributed by atoms with Gasteiger partial charge in [0.05, 0.1) is 13.5 Å². The van der Waals surface area contributed by atoms with Crippen molar-refractivity contribution >= 4 is 11.9 Å². The monoisotopic (exact) mass is 239 g/mol. The predicted octanol–water partition coefficient (Wildman–Crippen LogP) is 1.75. The summed E-state index contributed by atoms with van der Waals surface area (Å²) < 4.78 is 4.57. The Hall–Kier alpha value is -1.32. The molecular formula is C13H21NO3. The van der Waals surface area contributed by atoms with Crippen LogP contribution < -0.4 is 0 Å². The summed E-state index contributed by atoms with van der Waals surface area (Å²) >= 11 is 0. The molecule has 17 heavy (non-hydrogen) atoms. The molecule has 1 aliphatic carbocycles. The van der Waals surface area contributed by atoms with E-state index in [0.717, 1.165) is 12.8 Å². The van der Waals surface area contributed by atoms with Crippen LogP contribution in [0.2, 0.25) is 0 Å². The molecule has 4 heteroatoms. The van der Waals surface area contributed by atoms with Gasteiger partial charge in [0.2, 0.25) is 5.91 Å². The normalized spacial score (nSPS) is 18.1. The fraction of sp³-hybridized carbons (Fsp3) is 0.692. The molecule has 0 saturated carbocycles. The van der Waals surface area contributed by atoms with Crippen molar-refractivity contribution in [2.45, 2.75) is 32.6 Å². The molecule has 1 aliphatic rings. The van der Waals surface area contributed by atoms with Gasteiger partial charge in [-0.3, -0.25) is 9.59 Å². The van der Waals surface area contributed by atoms with E-state index in [1.165, 1.54) is 7.11 Å². The van der Waals surface area contributed by atoms with Gasteiger partial charge in [-0.25, -0.2) is 0 Å². The summed E-state index contributed by atoms with van der Waals surface area (Å²) in [5.74, 6) is 0.250. The summed E-state index contributed by atoms with van der Waals surface area (Å²) in [4.78, 5) is 24.7. The second-order valence-electron chi connectivity index (χ2n) is 4.27. The Labute approximate surface area is 103 Å². The van der Waals surface area contributed by atoms with Crippen molar-refractivity contribution in [2.75, 3.05) is 20.2 Å². The minimum Gasteiger partial charge on any atom is -0.469 e. The summed E-state index contributed by atoms with van der Waals surface area (Å²) in [6.45, 7) is 3.03. The number of methoxy groups -OCH3 is 1. The molecule has 1 amide bonds. The van der Waals surface area contributed by atoms with Crippen LogP contribution in [0.3, 0.4) is 0 Å². The van der Waals surface area contributed by atoms with Gasteiger partial charge in [-0.1, -0.05) is 12.2 Å². The minimum absolute atomic E-state index is 0.132. The Morgan fingerprint density at radius 1 is 1.47 bits per heavy atom. The van der Waals surface area contributed by atoms with Crippen molar-refractivity contribution < 1.29 is 14.3 Å². The maximum atomic E-state index is 12.0. The van der Waals surface area contributed by atoms with E-state index >= 15 is 0 Å². The van der Waals surface area contributed by atoms with E-state index in [0.29, 0.717) is 25.4 Å². The minimum atomic E-state index is -0.267. The molecule has 1 rings (SSSR count). The van der Waals surface area contributed by atoms with Crippen LogP contribution in [0.15, 0.2) is 12.2 Å². The zero-order valence-electron chi connectivity index (χ0n) is 10.6. The summed E-state index contributed by atoms with van der Waals surface area (Å²) in [7, 11) is 1.36. The number of amides is 1. The van der Waals surface area contributed by atoms with E-state index < -0.39 is 0 Å². The Morgan fingerprint density at radius 3 is 2.76 bits per heavy atom. The van der Waals surface area contributed by atoms with Gasteiger partial charge in [-0.05, 0) is 25.7 Å². The van der Waals surface area contributed by atoms with Gasteiger partial charge >= 0.3 is 5.97 Å². The number of rotatable bonds is 6. The number of carbonyl (C=O) groups is 2. The van der Waals surface area contributed by atoms with Crippen LogP contribution in [0.5, 0.6) is 0 Å². The van der Waals surface area contributed by atoms with Crippen molar-refractivity contribution in [2.24, 2.45) is 5.92 Å². The van der Waals surface area contributed by atoms with E-state index in [-0.39, 0.29) is 18.3 Å². The highest BCUT2D eigenvalue weighted by Crippen LogP contribution is 2.21. The molecule has 0 fully saturated rings. The van der Waals surface area contributed by atoms with Crippen LogP contribution in [0, 0.1) is 5.92 Å². The Balaban J connectivity index is 2.35. The van der Waals surface area contributed by atoms with Crippen LogP contribution in [-0.4, -0.2) is 37.0 Å². The molecule has 0 saturated heterocycles. The molecular weight excluding hydrogens is 218 g/mol. The first-order valence-electron chi connectivity index (χ1n) is 6.18. The Kier molecular flexibility index (Phi) is 5.73. The highest BCUT2D eigenvalue weighted by Gasteiger charge is 2.18. The van der Waals surface area contributed by atoms with E-state index in [9.17, 15) is 9.59 Å². The highest BCUT2D eigenvalue weighted by molar-refractivity contribution is 5.77. The average Bonchev–Trinajstić information content (AvgIpc) is 2.82. The van der Waals surface area contributed by atoms with E-state index in [1.54, 1.807) is 4.90 Å². The average molecular weight is 239 g/mol. The maximum absolute atomic E-state index is 12.0. The molecule has 0 N–H and O–H groups in total. The summed E-state index contributed by atoms with van der Waals surface area (Å²) in [6, 6.07) is 0. The molecule has 0 radical (unpaired) electrons. The zero-order valence-corrected chi connectivity index (χ0v) is 10.6. The van der Waals surface area contributed by atoms with Crippen molar-refractivity contribution in [1.82, 2.24) is 4.90 Å². The number of nitrogens with zero attached hydrogens (tertiary/aromatic N) is 1. The quantitative estimate of drug-likeness (QED) is 0.524. The highest BCUT2D eigenvalue weighted by atomic mass is 16.5. The van der Waals surface area contributed by atoms with Crippen molar-refractivity contribution in [3.8, 4) is 0 Å². The Morgan fingerprint density at radius 2 is 2.24 bits per heavy atom. The van der Waals surface area contributed by atoms with Gasteiger partial charge < -0.3 is 9.64 Å².